The van der Waals surface area contributed by atoms with Gasteiger partial charge in [-0.1, -0.05) is 53.9 Å². The summed E-state index contributed by atoms with van der Waals surface area (Å²) in [6.07, 6.45) is 3.33. The Hall–Kier alpha value is -2.51. The summed E-state index contributed by atoms with van der Waals surface area (Å²) >= 11 is 2.97. The van der Waals surface area contributed by atoms with E-state index in [2.05, 4.69) is 34.3 Å². The zero-order valence-electron chi connectivity index (χ0n) is 16.6. The minimum Gasteiger partial charge on any atom is -0.497 e. The molecule has 2 aromatic carbocycles. The van der Waals surface area contributed by atoms with E-state index in [0.717, 1.165) is 26.3 Å². The van der Waals surface area contributed by atoms with Gasteiger partial charge in [0, 0.05) is 17.3 Å². The Kier molecular flexibility index (Phi) is 7.55. The van der Waals surface area contributed by atoms with Crippen LogP contribution >= 0.6 is 23.5 Å². The Balaban J connectivity index is 1.59. The molecule has 3 rings (SSSR count). The van der Waals surface area contributed by atoms with Crippen molar-refractivity contribution in [3.8, 4) is 5.75 Å². The molecule has 0 aliphatic carbocycles. The van der Waals surface area contributed by atoms with Crippen LogP contribution < -0.4 is 10.1 Å². The van der Waals surface area contributed by atoms with E-state index >= 15 is 0 Å². The van der Waals surface area contributed by atoms with Crippen LogP contribution in [0.2, 0.25) is 0 Å². The van der Waals surface area contributed by atoms with Crippen molar-refractivity contribution in [1.29, 1.82) is 0 Å². The number of rotatable bonds is 8. The first-order valence-corrected chi connectivity index (χ1v) is 11.0. The highest BCUT2D eigenvalue weighted by Gasteiger charge is 2.14. The molecule has 0 spiro atoms. The lowest BCUT2D eigenvalue weighted by Crippen LogP contribution is -2.28. The van der Waals surface area contributed by atoms with E-state index in [-0.39, 0.29) is 17.7 Å². The second kappa shape index (κ2) is 10.3. The predicted octanol–water partition coefficient (Wildman–Crippen LogP) is 4.91. The van der Waals surface area contributed by atoms with Gasteiger partial charge < -0.3 is 10.1 Å². The van der Waals surface area contributed by atoms with Crippen molar-refractivity contribution in [3.05, 3.63) is 72.1 Å². The molecule has 1 aromatic heterocycles. The van der Waals surface area contributed by atoms with E-state index < -0.39 is 0 Å². The summed E-state index contributed by atoms with van der Waals surface area (Å²) in [4.78, 5) is 22.4. The minimum atomic E-state index is -0.0864. The molecule has 150 valence electrons. The van der Waals surface area contributed by atoms with Crippen LogP contribution in [-0.4, -0.2) is 28.7 Å². The van der Waals surface area contributed by atoms with Crippen molar-refractivity contribution >= 4 is 29.4 Å². The maximum Gasteiger partial charge on any atom is 0.230 e. The summed E-state index contributed by atoms with van der Waals surface area (Å²) < 4.78 is 5.17. The van der Waals surface area contributed by atoms with E-state index in [1.54, 1.807) is 31.3 Å². The molecule has 1 atom stereocenters. The van der Waals surface area contributed by atoms with Crippen molar-refractivity contribution in [1.82, 2.24) is 15.3 Å². The molecule has 0 aliphatic rings. The molecular weight excluding hydrogens is 402 g/mol. The highest BCUT2D eigenvalue weighted by Crippen LogP contribution is 2.34. The number of ether oxygens (including phenoxy) is 1. The first-order valence-electron chi connectivity index (χ1n) is 9.17. The van der Waals surface area contributed by atoms with E-state index in [9.17, 15) is 4.79 Å². The summed E-state index contributed by atoms with van der Waals surface area (Å²) in [6.45, 7) is 4.03. The van der Waals surface area contributed by atoms with E-state index in [0.29, 0.717) is 0 Å². The zero-order chi connectivity index (χ0) is 20.6. The van der Waals surface area contributed by atoms with Gasteiger partial charge in [0.25, 0.3) is 0 Å². The Labute approximate surface area is 179 Å². The number of benzene rings is 2. The van der Waals surface area contributed by atoms with Gasteiger partial charge in [0.15, 0.2) is 0 Å². The normalized spacial score (nSPS) is 11.7. The number of amides is 1. The Morgan fingerprint density at radius 2 is 1.76 bits per heavy atom. The van der Waals surface area contributed by atoms with E-state index in [4.69, 9.17) is 4.74 Å². The number of hydrogen-bond acceptors (Lipinski definition) is 6. The third kappa shape index (κ3) is 5.98. The SMILES string of the molecule is COc1ccc(C(C)NC(=O)CSc2nccnc2Sc2ccccc2C)cc1. The number of nitrogens with zero attached hydrogens (tertiary/aromatic N) is 2. The number of carbonyl (C=O) groups excluding carboxylic acids is 1. The van der Waals surface area contributed by atoms with Gasteiger partial charge in [-0.2, -0.15) is 0 Å². The standard InChI is InChI=1S/C22H23N3O2S2/c1-15-6-4-5-7-19(15)29-22-21(23-12-13-24-22)28-14-20(26)25-16(2)17-8-10-18(27-3)11-9-17/h4-13,16H,14H2,1-3H3,(H,25,26). The lowest BCUT2D eigenvalue weighted by molar-refractivity contribution is -0.119. The first-order chi connectivity index (χ1) is 14.1. The van der Waals surface area contributed by atoms with Gasteiger partial charge in [-0.05, 0) is 43.2 Å². The summed E-state index contributed by atoms with van der Waals surface area (Å²) in [5.74, 6) is 1.03. The molecule has 1 N–H and O–H groups in total. The number of hydrogen-bond donors (Lipinski definition) is 1. The van der Waals surface area contributed by atoms with Gasteiger partial charge >= 0.3 is 0 Å². The van der Waals surface area contributed by atoms with Gasteiger partial charge in [-0.3, -0.25) is 4.79 Å². The molecule has 1 amide bonds. The van der Waals surface area contributed by atoms with Crippen LogP contribution in [0, 0.1) is 6.92 Å². The molecule has 0 aliphatic heterocycles. The van der Waals surface area contributed by atoms with E-state index in [1.807, 2.05) is 43.3 Å². The van der Waals surface area contributed by atoms with Crippen molar-refractivity contribution in [2.24, 2.45) is 0 Å². The second-order valence-electron chi connectivity index (χ2n) is 6.39. The molecule has 1 heterocycles. The maximum absolute atomic E-state index is 12.4. The third-order valence-electron chi connectivity index (χ3n) is 4.27. The lowest BCUT2D eigenvalue weighted by atomic mass is 10.1. The van der Waals surface area contributed by atoms with Crippen LogP contribution in [0.5, 0.6) is 5.75 Å². The number of thioether (sulfide) groups is 1. The molecule has 3 aromatic rings. The number of aromatic nitrogens is 2. The third-order valence-corrected chi connectivity index (χ3v) is 6.54. The second-order valence-corrected chi connectivity index (χ2v) is 8.38. The summed E-state index contributed by atoms with van der Waals surface area (Å²) in [6, 6.07) is 15.8. The molecule has 1 unspecified atom stereocenters. The Morgan fingerprint density at radius 3 is 2.45 bits per heavy atom. The van der Waals surface area contributed by atoms with Crippen LogP contribution in [0.15, 0.2) is 75.9 Å². The average molecular weight is 426 g/mol. The molecule has 7 heteroatoms. The van der Waals surface area contributed by atoms with Crippen LogP contribution in [-0.2, 0) is 4.79 Å². The van der Waals surface area contributed by atoms with Crippen LogP contribution in [0.4, 0.5) is 0 Å². The van der Waals surface area contributed by atoms with Gasteiger partial charge in [-0.15, -0.1) is 0 Å². The highest BCUT2D eigenvalue weighted by molar-refractivity contribution is 8.02. The van der Waals surface area contributed by atoms with Crippen molar-refractivity contribution < 1.29 is 9.53 Å². The fourth-order valence-electron chi connectivity index (χ4n) is 2.65. The maximum atomic E-state index is 12.4. The quantitative estimate of drug-likeness (QED) is 0.517. The number of aryl methyl sites for hydroxylation is 1. The monoisotopic (exact) mass is 425 g/mol. The average Bonchev–Trinajstić information content (AvgIpc) is 2.74. The van der Waals surface area contributed by atoms with Gasteiger partial charge in [0.2, 0.25) is 5.91 Å². The van der Waals surface area contributed by atoms with Crippen LogP contribution in [0.25, 0.3) is 0 Å². The summed E-state index contributed by atoms with van der Waals surface area (Å²) in [7, 11) is 1.63. The number of methoxy groups -OCH3 is 1. The van der Waals surface area contributed by atoms with E-state index in [1.165, 1.54) is 17.3 Å². The fraction of sp³-hybridized carbons (Fsp3) is 0.227. The summed E-state index contributed by atoms with van der Waals surface area (Å²) in [5, 5.41) is 4.59. The van der Waals surface area contributed by atoms with Crippen molar-refractivity contribution in [2.75, 3.05) is 12.9 Å². The molecule has 0 saturated heterocycles. The first kappa shape index (κ1) is 21.2. The van der Waals surface area contributed by atoms with Crippen molar-refractivity contribution in [2.45, 2.75) is 34.8 Å². The summed E-state index contributed by atoms with van der Waals surface area (Å²) in [5.41, 5.74) is 2.21. The molecule has 5 nitrogen and oxygen atoms in total. The molecule has 29 heavy (non-hydrogen) atoms. The smallest absolute Gasteiger partial charge is 0.230 e. The van der Waals surface area contributed by atoms with Gasteiger partial charge in [0.05, 0.1) is 18.9 Å². The van der Waals surface area contributed by atoms with Crippen LogP contribution in [0.3, 0.4) is 0 Å². The Bertz CT molecular complexity index is 964. The zero-order valence-corrected chi connectivity index (χ0v) is 18.2. The highest BCUT2D eigenvalue weighted by atomic mass is 32.2. The molecule has 0 fully saturated rings. The fourth-order valence-corrected chi connectivity index (χ4v) is 4.45. The predicted molar refractivity (Wildman–Crippen MR) is 118 cm³/mol. The van der Waals surface area contributed by atoms with Gasteiger partial charge in [0.1, 0.15) is 15.8 Å². The minimum absolute atomic E-state index is 0.0455. The molecule has 0 bridgehead atoms. The molecule has 0 saturated carbocycles. The number of nitrogens with one attached hydrogen (secondary N) is 1. The number of carbonyl (C=O) groups is 1. The largest absolute Gasteiger partial charge is 0.497 e. The molecular formula is C22H23N3O2S2. The van der Waals surface area contributed by atoms with Crippen LogP contribution in [0.1, 0.15) is 24.1 Å². The van der Waals surface area contributed by atoms with Crippen molar-refractivity contribution in [3.63, 3.8) is 0 Å². The molecule has 0 radical (unpaired) electrons. The Morgan fingerprint density at radius 1 is 1.07 bits per heavy atom. The van der Waals surface area contributed by atoms with Gasteiger partial charge in [-0.25, -0.2) is 9.97 Å². The topological polar surface area (TPSA) is 64.1 Å². The lowest BCUT2D eigenvalue weighted by Gasteiger charge is -2.15.